The van der Waals surface area contributed by atoms with Gasteiger partial charge in [0, 0.05) is 11.1 Å². The van der Waals surface area contributed by atoms with Gasteiger partial charge in [-0.3, -0.25) is 0 Å². The van der Waals surface area contributed by atoms with Crippen LogP contribution in [-0.4, -0.2) is 9.97 Å². The van der Waals surface area contributed by atoms with Crippen LogP contribution in [0, 0.1) is 0 Å². The van der Waals surface area contributed by atoms with Crippen LogP contribution in [0.4, 0.5) is 0 Å². The van der Waals surface area contributed by atoms with E-state index >= 15 is 0 Å². The van der Waals surface area contributed by atoms with Crippen molar-refractivity contribution in [1.82, 2.24) is 9.97 Å². The van der Waals surface area contributed by atoms with Crippen LogP contribution in [0.5, 0.6) is 0 Å². The predicted octanol–water partition coefficient (Wildman–Crippen LogP) is 15.1. The lowest BCUT2D eigenvalue weighted by Crippen LogP contribution is -2.28. The number of hydrogen-bond donors (Lipinski definition) is 0. The topological polar surface area (TPSA) is 25.8 Å². The first kappa shape index (κ1) is 34.1. The fourth-order valence-electron chi connectivity index (χ4n) is 9.36. The number of thiazole rings is 2. The highest BCUT2D eigenvalue weighted by Crippen LogP contribution is 2.58. The Morgan fingerprint density at radius 1 is 0.356 bits per heavy atom. The van der Waals surface area contributed by atoms with Crippen molar-refractivity contribution in [3.05, 3.63) is 229 Å². The van der Waals surface area contributed by atoms with Crippen LogP contribution >= 0.6 is 22.7 Å². The van der Waals surface area contributed by atoms with E-state index in [2.05, 4.69) is 206 Å². The summed E-state index contributed by atoms with van der Waals surface area (Å²) in [5.74, 6) is 0. The van der Waals surface area contributed by atoms with Gasteiger partial charge in [0.2, 0.25) is 0 Å². The molecule has 0 saturated heterocycles. The highest BCUT2D eigenvalue weighted by molar-refractivity contribution is 7.22. The van der Waals surface area contributed by atoms with Crippen LogP contribution in [0.2, 0.25) is 0 Å². The van der Waals surface area contributed by atoms with Crippen LogP contribution in [0.25, 0.3) is 85.7 Å². The second-order valence-corrected chi connectivity index (χ2v) is 17.4. The van der Waals surface area contributed by atoms with E-state index in [4.69, 9.17) is 9.97 Å². The molecular weight excluding hydrogens is 753 g/mol. The van der Waals surface area contributed by atoms with Gasteiger partial charge in [0.25, 0.3) is 0 Å². The normalized spacial score (nSPS) is 12.9. The number of aromatic nitrogens is 2. The molecule has 0 amide bonds. The van der Waals surface area contributed by atoms with E-state index in [9.17, 15) is 0 Å². The van der Waals surface area contributed by atoms with E-state index in [1.807, 2.05) is 0 Å². The summed E-state index contributed by atoms with van der Waals surface area (Å²) in [5, 5.41) is 4.56. The van der Waals surface area contributed by atoms with Gasteiger partial charge >= 0.3 is 0 Å². The molecule has 4 heteroatoms. The number of hydrogen-bond acceptors (Lipinski definition) is 4. The minimum atomic E-state index is -0.514. The van der Waals surface area contributed by atoms with E-state index in [0.29, 0.717) is 0 Å². The lowest BCUT2D eigenvalue weighted by atomic mass is 9.66. The Morgan fingerprint density at radius 2 is 0.864 bits per heavy atom. The molecule has 0 radical (unpaired) electrons. The summed E-state index contributed by atoms with van der Waals surface area (Å²) in [5.41, 5.74) is 16.1. The zero-order chi connectivity index (χ0) is 38.9. The number of benzene rings is 9. The van der Waals surface area contributed by atoms with Gasteiger partial charge in [-0.15, -0.1) is 22.7 Å². The molecule has 0 unspecified atom stereocenters. The van der Waals surface area contributed by atoms with Crippen molar-refractivity contribution >= 4 is 53.9 Å². The largest absolute Gasteiger partial charge is 0.236 e. The molecule has 0 saturated carbocycles. The van der Waals surface area contributed by atoms with Gasteiger partial charge in [0.1, 0.15) is 10.0 Å². The van der Waals surface area contributed by atoms with Crippen molar-refractivity contribution in [1.29, 1.82) is 0 Å². The molecule has 276 valence electrons. The molecule has 2 nitrogen and oxygen atoms in total. The molecule has 2 heterocycles. The van der Waals surface area contributed by atoms with Gasteiger partial charge < -0.3 is 0 Å². The number of rotatable bonds is 6. The Bertz CT molecular complexity index is 3200. The molecule has 0 atom stereocenters. The standard InChI is InChI=1S/C55H34N2S2/c1-3-17-42(18-4-1)55(43-19-5-2-6-20-43)47-34-38(27-28-45(47)46-29-26-35-14-7-8-21-44(35)52(46)55)36-15-13-16-37(30-36)39-31-40(53-56-48-22-9-11-24-50(48)58-53)33-41(32-39)54-57-49-23-10-12-25-51(49)59-54/h1-34H. The van der Waals surface area contributed by atoms with Gasteiger partial charge in [0.15, 0.2) is 0 Å². The van der Waals surface area contributed by atoms with Crippen LogP contribution in [0.15, 0.2) is 206 Å². The molecule has 1 aliphatic rings. The predicted molar refractivity (Wildman–Crippen MR) is 249 cm³/mol. The fraction of sp³-hybridized carbons (Fsp3) is 0.0182. The number of para-hydroxylation sites is 2. The Hall–Kier alpha value is -6.98. The maximum absolute atomic E-state index is 5.09. The number of nitrogens with zero attached hydrogens (tertiary/aromatic N) is 2. The molecule has 12 rings (SSSR count). The first-order valence-corrected chi connectivity index (χ1v) is 21.6. The van der Waals surface area contributed by atoms with Crippen LogP contribution in [-0.2, 0) is 5.41 Å². The molecule has 0 bridgehead atoms. The van der Waals surface area contributed by atoms with Crippen LogP contribution in [0.1, 0.15) is 22.3 Å². The van der Waals surface area contributed by atoms with Crippen molar-refractivity contribution < 1.29 is 0 Å². The summed E-state index contributed by atoms with van der Waals surface area (Å²) in [6, 6.07) is 75.5. The fourth-order valence-corrected chi connectivity index (χ4v) is 11.3. The molecule has 2 aromatic heterocycles. The van der Waals surface area contributed by atoms with Crippen LogP contribution in [0.3, 0.4) is 0 Å². The average molecular weight is 787 g/mol. The van der Waals surface area contributed by atoms with E-state index < -0.39 is 5.41 Å². The van der Waals surface area contributed by atoms with E-state index in [1.165, 1.54) is 64.7 Å². The molecule has 0 fully saturated rings. The molecule has 0 aliphatic heterocycles. The molecular formula is C55H34N2S2. The van der Waals surface area contributed by atoms with Crippen molar-refractivity contribution in [2.45, 2.75) is 5.41 Å². The summed E-state index contributed by atoms with van der Waals surface area (Å²) in [4.78, 5) is 10.2. The summed E-state index contributed by atoms with van der Waals surface area (Å²) in [6.07, 6.45) is 0. The Labute approximate surface area is 350 Å². The SMILES string of the molecule is c1ccc(C2(c3ccccc3)c3cc(-c4cccc(-c5cc(-c6nc7ccccc7s6)cc(-c6nc7ccccc7s6)c5)c4)ccc3-c3ccc4ccccc4c32)cc1. The van der Waals surface area contributed by atoms with Crippen molar-refractivity contribution in [3.63, 3.8) is 0 Å². The van der Waals surface area contributed by atoms with Gasteiger partial charge in [-0.05, 0) is 121 Å². The summed E-state index contributed by atoms with van der Waals surface area (Å²) >= 11 is 3.48. The number of fused-ring (bicyclic) bond motifs is 7. The molecule has 0 spiro atoms. The first-order valence-electron chi connectivity index (χ1n) is 20.0. The highest BCUT2D eigenvalue weighted by Gasteiger charge is 2.47. The molecule has 0 N–H and O–H groups in total. The first-order chi connectivity index (χ1) is 29.2. The molecule has 1 aliphatic carbocycles. The smallest absolute Gasteiger partial charge is 0.124 e. The van der Waals surface area contributed by atoms with E-state index in [-0.39, 0.29) is 0 Å². The monoisotopic (exact) mass is 786 g/mol. The third-order valence-corrected chi connectivity index (χ3v) is 14.1. The summed E-state index contributed by atoms with van der Waals surface area (Å²) < 4.78 is 2.37. The van der Waals surface area contributed by atoms with Gasteiger partial charge in [-0.25, -0.2) is 9.97 Å². The van der Waals surface area contributed by atoms with Crippen molar-refractivity contribution in [2.24, 2.45) is 0 Å². The van der Waals surface area contributed by atoms with Crippen molar-refractivity contribution in [2.75, 3.05) is 0 Å². The molecule has 9 aromatic carbocycles. The Balaban J connectivity index is 1.05. The van der Waals surface area contributed by atoms with Crippen molar-refractivity contribution in [3.8, 4) is 54.5 Å². The maximum atomic E-state index is 5.09. The lowest BCUT2D eigenvalue weighted by molar-refractivity contribution is 0.776. The minimum absolute atomic E-state index is 0.514. The zero-order valence-corrected chi connectivity index (χ0v) is 33.5. The van der Waals surface area contributed by atoms with E-state index in [1.54, 1.807) is 22.7 Å². The Kier molecular flexibility index (Phi) is 7.84. The Morgan fingerprint density at radius 3 is 1.51 bits per heavy atom. The third kappa shape index (κ3) is 5.45. The molecule has 11 aromatic rings. The van der Waals surface area contributed by atoms with E-state index in [0.717, 1.165) is 43.3 Å². The quantitative estimate of drug-likeness (QED) is 0.168. The van der Waals surface area contributed by atoms with Gasteiger partial charge in [-0.1, -0.05) is 152 Å². The van der Waals surface area contributed by atoms with Gasteiger partial charge in [-0.2, -0.15) is 0 Å². The average Bonchev–Trinajstić information content (AvgIpc) is 4.03. The van der Waals surface area contributed by atoms with Gasteiger partial charge in [0.05, 0.1) is 25.8 Å². The second-order valence-electron chi connectivity index (χ2n) is 15.3. The zero-order valence-electron chi connectivity index (χ0n) is 31.8. The minimum Gasteiger partial charge on any atom is -0.236 e. The maximum Gasteiger partial charge on any atom is 0.124 e. The highest BCUT2D eigenvalue weighted by atomic mass is 32.1. The summed E-state index contributed by atoms with van der Waals surface area (Å²) in [6.45, 7) is 0. The second kappa shape index (κ2) is 13.6. The summed E-state index contributed by atoms with van der Waals surface area (Å²) in [7, 11) is 0. The lowest BCUT2D eigenvalue weighted by Gasteiger charge is -2.35. The molecule has 59 heavy (non-hydrogen) atoms. The third-order valence-electron chi connectivity index (χ3n) is 12.0. The van der Waals surface area contributed by atoms with Crippen LogP contribution < -0.4 is 0 Å².